The zero-order valence-corrected chi connectivity index (χ0v) is 18.6. The lowest BCUT2D eigenvalue weighted by Crippen LogP contribution is -2.29. The number of benzene rings is 2. The van der Waals surface area contributed by atoms with Crippen LogP contribution in [0, 0.1) is 0 Å². The summed E-state index contributed by atoms with van der Waals surface area (Å²) in [6, 6.07) is 14.8. The van der Waals surface area contributed by atoms with Gasteiger partial charge in [-0.15, -0.1) is 11.3 Å². The molecule has 0 saturated heterocycles. The van der Waals surface area contributed by atoms with Crippen LogP contribution in [0.25, 0.3) is 10.6 Å². The van der Waals surface area contributed by atoms with Crippen LogP contribution >= 0.6 is 22.9 Å². The van der Waals surface area contributed by atoms with Gasteiger partial charge in [-0.1, -0.05) is 23.7 Å². The predicted octanol–water partition coefficient (Wildman–Crippen LogP) is 4.59. The average molecular weight is 475 g/mol. The highest BCUT2D eigenvalue weighted by atomic mass is 35.5. The largest absolute Gasteiger partial charge is 0.346 e. The van der Waals surface area contributed by atoms with Gasteiger partial charge in [0.05, 0.1) is 34.1 Å². The second-order valence-electron chi connectivity index (χ2n) is 7.23. The van der Waals surface area contributed by atoms with Crippen molar-refractivity contribution in [2.75, 3.05) is 4.90 Å². The van der Waals surface area contributed by atoms with Crippen molar-refractivity contribution in [2.24, 2.45) is 0 Å². The van der Waals surface area contributed by atoms with Crippen LogP contribution in [0.5, 0.6) is 0 Å². The normalized spacial score (nSPS) is 12.7. The summed E-state index contributed by atoms with van der Waals surface area (Å²) in [5, 5.41) is 5.78. The first-order valence-electron chi connectivity index (χ1n) is 9.93. The summed E-state index contributed by atoms with van der Waals surface area (Å²) in [5.41, 5.74) is 2.61. The van der Waals surface area contributed by atoms with Gasteiger partial charge in [-0.25, -0.2) is 9.88 Å². The van der Waals surface area contributed by atoms with E-state index in [0.29, 0.717) is 16.4 Å². The Morgan fingerprint density at radius 3 is 2.64 bits per heavy atom. The highest BCUT2D eigenvalue weighted by Crippen LogP contribution is 2.33. The number of halogens is 1. The number of carbonyl (C=O) groups is 3. The minimum atomic E-state index is -0.515. The van der Waals surface area contributed by atoms with Crippen molar-refractivity contribution < 1.29 is 14.4 Å². The lowest BCUT2D eigenvalue weighted by molar-refractivity contribution is 0.0923. The van der Waals surface area contributed by atoms with E-state index in [0.717, 1.165) is 15.5 Å². The summed E-state index contributed by atoms with van der Waals surface area (Å²) in [7, 11) is 0. The second kappa shape index (κ2) is 8.57. The van der Waals surface area contributed by atoms with Crippen LogP contribution in [0.15, 0.2) is 72.4 Å². The molecule has 0 atom stereocenters. The minimum Gasteiger partial charge on any atom is -0.346 e. The lowest BCUT2D eigenvalue weighted by Gasteiger charge is -2.15. The third-order valence-electron chi connectivity index (χ3n) is 5.13. The number of nitrogens with one attached hydrogen (secondary N) is 1. The Bertz CT molecular complexity index is 1400. The number of fused-ring (bicyclic) bond motifs is 1. The number of anilines is 1. The average Bonchev–Trinajstić information content (AvgIpc) is 3.41. The molecule has 1 aliphatic rings. The van der Waals surface area contributed by atoms with Gasteiger partial charge < -0.3 is 5.32 Å². The maximum absolute atomic E-state index is 13.0. The molecule has 0 unspecified atom stereocenters. The van der Waals surface area contributed by atoms with E-state index in [9.17, 15) is 14.4 Å². The van der Waals surface area contributed by atoms with Crippen molar-refractivity contribution in [1.82, 2.24) is 15.3 Å². The Hall–Kier alpha value is -3.88. The molecule has 0 aliphatic carbocycles. The number of hydrogen-bond acceptors (Lipinski definition) is 6. The van der Waals surface area contributed by atoms with Crippen LogP contribution in [0.1, 0.15) is 36.8 Å². The van der Waals surface area contributed by atoms with E-state index in [-0.39, 0.29) is 29.1 Å². The van der Waals surface area contributed by atoms with E-state index in [2.05, 4.69) is 15.3 Å². The molecule has 3 heterocycles. The molecule has 162 valence electrons. The Labute approximate surface area is 197 Å². The monoisotopic (exact) mass is 474 g/mol. The zero-order valence-electron chi connectivity index (χ0n) is 17.0. The van der Waals surface area contributed by atoms with Gasteiger partial charge in [0.1, 0.15) is 5.01 Å². The molecule has 33 heavy (non-hydrogen) atoms. The van der Waals surface area contributed by atoms with Crippen LogP contribution in [0.4, 0.5) is 5.69 Å². The Balaban J connectivity index is 1.32. The number of carbonyl (C=O) groups excluding carboxylic acids is 3. The number of pyridine rings is 1. The Morgan fingerprint density at radius 1 is 1.03 bits per heavy atom. The maximum Gasteiger partial charge on any atom is 0.266 e. The number of rotatable bonds is 5. The number of thiazole rings is 1. The molecule has 2 aromatic heterocycles. The minimum absolute atomic E-state index is 0.167. The molecular weight excluding hydrogens is 460 g/mol. The Morgan fingerprint density at radius 2 is 1.85 bits per heavy atom. The van der Waals surface area contributed by atoms with Crippen LogP contribution < -0.4 is 10.2 Å². The van der Waals surface area contributed by atoms with Crippen molar-refractivity contribution in [3.8, 4) is 10.6 Å². The van der Waals surface area contributed by atoms with Gasteiger partial charge in [0.2, 0.25) is 0 Å². The van der Waals surface area contributed by atoms with Crippen molar-refractivity contribution in [3.05, 3.63) is 99.8 Å². The van der Waals surface area contributed by atoms with E-state index in [1.54, 1.807) is 36.7 Å². The van der Waals surface area contributed by atoms with Gasteiger partial charge in [-0.05, 0) is 42.5 Å². The fourth-order valence-electron chi connectivity index (χ4n) is 3.52. The lowest BCUT2D eigenvalue weighted by atomic mass is 10.1. The number of aromatic nitrogens is 2. The second-order valence-corrected chi connectivity index (χ2v) is 8.49. The number of para-hydroxylation sites is 1. The smallest absolute Gasteiger partial charge is 0.266 e. The summed E-state index contributed by atoms with van der Waals surface area (Å²) >= 11 is 7.65. The van der Waals surface area contributed by atoms with Gasteiger partial charge in [0, 0.05) is 28.9 Å². The highest BCUT2D eigenvalue weighted by molar-refractivity contribution is 7.13. The molecular formula is C24H15ClN4O3S. The molecule has 3 amide bonds. The molecule has 0 saturated carbocycles. The van der Waals surface area contributed by atoms with Crippen LogP contribution in [-0.2, 0) is 6.54 Å². The van der Waals surface area contributed by atoms with Gasteiger partial charge in [0.15, 0.2) is 0 Å². The van der Waals surface area contributed by atoms with Crippen molar-refractivity contribution >= 4 is 46.3 Å². The van der Waals surface area contributed by atoms with Crippen molar-refractivity contribution in [3.63, 3.8) is 0 Å². The van der Waals surface area contributed by atoms with Crippen molar-refractivity contribution in [2.45, 2.75) is 6.54 Å². The summed E-state index contributed by atoms with van der Waals surface area (Å²) in [4.78, 5) is 48.1. The van der Waals surface area contributed by atoms with E-state index in [1.807, 2.05) is 17.5 Å². The molecule has 0 fully saturated rings. The standard InChI is InChI=1S/C24H15ClN4O3S/c25-19-5-1-2-6-20(19)29-23(31)17-8-7-14(10-18(17)24(29)32)21(30)27-12-16-13-33-22(28-16)15-4-3-9-26-11-15/h1-11,13H,12H2,(H,27,30). The summed E-state index contributed by atoms with van der Waals surface area (Å²) in [5.74, 6) is -1.36. The van der Waals surface area contributed by atoms with Crippen molar-refractivity contribution in [1.29, 1.82) is 0 Å². The fourth-order valence-corrected chi connectivity index (χ4v) is 4.55. The van der Waals surface area contributed by atoms with Crippen LogP contribution in [0.2, 0.25) is 5.02 Å². The summed E-state index contributed by atoms with van der Waals surface area (Å²) < 4.78 is 0. The molecule has 1 aliphatic heterocycles. The molecule has 0 spiro atoms. The van der Waals surface area contributed by atoms with E-state index in [4.69, 9.17) is 11.6 Å². The first-order chi connectivity index (χ1) is 16.0. The molecule has 0 bridgehead atoms. The number of amides is 3. The summed E-state index contributed by atoms with van der Waals surface area (Å²) in [6.45, 7) is 0.227. The fraction of sp³-hybridized carbons (Fsp3) is 0.0417. The molecule has 7 nitrogen and oxygen atoms in total. The van der Waals surface area contributed by atoms with Gasteiger partial charge in [-0.2, -0.15) is 0 Å². The van der Waals surface area contributed by atoms with E-state index >= 15 is 0 Å². The third kappa shape index (κ3) is 3.90. The number of hydrogen-bond donors (Lipinski definition) is 1. The maximum atomic E-state index is 13.0. The molecule has 1 N–H and O–H groups in total. The molecule has 4 aromatic rings. The van der Waals surface area contributed by atoms with Crippen LogP contribution in [-0.4, -0.2) is 27.7 Å². The van der Waals surface area contributed by atoms with Gasteiger partial charge in [0.25, 0.3) is 17.7 Å². The molecule has 9 heteroatoms. The summed E-state index contributed by atoms with van der Waals surface area (Å²) in [6.07, 6.45) is 3.43. The van der Waals surface area contributed by atoms with Gasteiger partial charge in [-0.3, -0.25) is 19.4 Å². The van der Waals surface area contributed by atoms with E-state index < -0.39 is 11.8 Å². The first kappa shape index (κ1) is 21.0. The zero-order chi connectivity index (χ0) is 22.9. The molecule has 2 aromatic carbocycles. The Kier molecular flexibility index (Phi) is 5.45. The van der Waals surface area contributed by atoms with E-state index in [1.165, 1.54) is 29.5 Å². The number of imide groups is 1. The molecule has 5 rings (SSSR count). The number of nitrogens with zero attached hydrogens (tertiary/aromatic N) is 3. The topological polar surface area (TPSA) is 92.3 Å². The predicted molar refractivity (Wildman–Crippen MR) is 126 cm³/mol. The highest BCUT2D eigenvalue weighted by Gasteiger charge is 2.38. The van der Waals surface area contributed by atoms with Gasteiger partial charge >= 0.3 is 0 Å². The SMILES string of the molecule is O=C(NCc1csc(-c2cccnc2)n1)c1ccc2c(c1)C(=O)N(c1ccccc1Cl)C2=O. The van der Waals surface area contributed by atoms with Crippen LogP contribution in [0.3, 0.4) is 0 Å². The quantitative estimate of drug-likeness (QED) is 0.427. The third-order valence-corrected chi connectivity index (χ3v) is 6.39. The molecule has 0 radical (unpaired) electrons. The first-order valence-corrected chi connectivity index (χ1v) is 11.2.